The normalized spacial score (nSPS) is 23.6. The number of ketones is 7. The van der Waals surface area contributed by atoms with Crippen molar-refractivity contribution in [1.82, 2.24) is 37.1 Å². The summed E-state index contributed by atoms with van der Waals surface area (Å²) < 4.78 is 0. The molecule has 4 amide bonds. The number of aromatic nitrogens is 1. The number of H-pyrrole nitrogens is 1. The molecule has 1 saturated carbocycles. The SMILES string of the molecule is C.C.CCC(C)[C@H](NNC(C)C(=O)C(=O)C(C)NC(=O)[C@]1(C)CCC/C=C/CCCCCC[C@@](C)(CC(C)=O)C(=O)N[C@@H](CCC(=O)O)C(=O)N[C@@H](Cc2ccc(C(=O)O)cc2)C(=O)C[C@@H](Cc2c[nH]c3ccccc23)C(=O)CC[C@@H](CC2CCC2)C(=O)N1)C(=O)C[C@H](C)C(C)=O. The van der Waals surface area contributed by atoms with E-state index in [0.717, 1.165) is 43.0 Å². The molecular weight excluding hydrogens is 1240 g/mol. The number of benzene rings is 2. The van der Waals surface area contributed by atoms with Gasteiger partial charge >= 0.3 is 11.9 Å². The Bertz CT molecular complexity index is 3240. The molecule has 1 fully saturated rings. The molecule has 0 saturated heterocycles. The smallest absolute Gasteiger partial charge is 0.335 e. The predicted molar refractivity (Wildman–Crippen MR) is 373 cm³/mol. The summed E-state index contributed by atoms with van der Waals surface area (Å²) in [5.41, 5.74) is 4.68. The Kier molecular flexibility index (Phi) is 34.5. The molecule has 0 radical (unpaired) electrons. The minimum Gasteiger partial charge on any atom is -0.481 e. The van der Waals surface area contributed by atoms with E-state index < -0.39 is 125 Å². The largest absolute Gasteiger partial charge is 0.481 e. The van der Waals surface area contributed by atoms with Crippen molar-refractivity contribution in [3.8, 4) is 0 Å². The van der Waals surface area contributed by atoms with Crippen LogP contribution in [0.5, 0.6) is 0 Å². The fourth-order valence-corrected chi connectivity index (χ4v) is 12.5. The minimum absolute atomic E-state index is 0. The molecular formula is C75H111N7O15. The highest BCUT2D eigenvalue weighted by Crippen LogP contribution is 2.36. The number of aliphatic carboxylic acids is 1. The van der Waals surface area contributed by atoms with Crippen molar-refractivity contribution in [1.29, 1.82) is 0 Å². The van der Waals surface area contributed by atoms with Crippen molar-refractivity contribution in [2.24, 2.45) is 35.0 Å². The number of Topliss-reactive ketones (excluding diaryl/α,β-unsaturated/α-hetero) is 7. The second kappa shape index (κ2) is 40.1. The van der Waals surface area contributed by atoms with Crippen molar-refractivity contribution in [3.63, 3.8) is 0 Å². The third-order valence-electron chi connectivity index (χ3n) is 19.4. The van der Waals surface area contributed by atoms with Crippen LogP contribution in [-0.4, -0.2) is 127 Å². The zero-order chi connectivity index (χ0) is 70.2. The molecule has 536 valence electrons. The number of carboxylic acid groups (broad SMARTS) is 2. The topological polar surface area (TPSA) is 350 Å². The number of fused-ring (bicyclic) bond motifs is 1. The van der Waals surface area contributed by atoms with Gasteiger partial charge in [-0.1, -0.05) is 130 Å². The average molecular weight is 1350 g/mol. The lowest BCUT2D eigenvalue weighted by Gasteiger charge is -2.34. The summed E-state index contributed by atoms with van der Waals surface area (Å²) >= 11 is 0. The van der Waals surface area contributed by atoms with Crippen molar-refractivity contribution in [2.75, 3.05) is 0 Å². The lowest BCUT2D eigenvalue weighted by atomic mass is 9.76. The van der Waals surface area contributed by atoms with Gasteiger partial charge in [-0.25, -0.2) is 15.6 Å². The van der Waals surface area contributed by atoms with Crippen LogP contribution in [-0.2, 0) is 70.4 Å². The zero-order valence-electron chi connectivity index (χ0n) is 57.1. The molecule has 1 aromatic heterocycles. The first-order valence-corrected chi connectivity index (χ1v) is 34.1. The highest BCUT2D eigenvalue weighted by molar-refractivity contribution is 6.41. The number of hydrazine groups is 1. The summed E-state index contributed by atoms with van der Waals surface area (Å²) in [5, 5.41) is 31.6. The number of carbonyl (C=O) groups is 13. The first-order valence-electron chi connectivity index (χ1n) is 34.1. The fraction of sp³-hybridized carbons (Fsp3) is 0.613. The van der Waals surface area contributed by atoms with E-state index in [-0.39, 0.29) is 113 Å². The lowest BCUT2D eigenvalue weighted by molar-refractivity contribution is -0.141. The van der Waals surface area contributed by atoms with Crippen molar-refractivity contribution in [2.45, 2.75) is 261 Å². The summed E-state index contributed by atoms with van der Waals surface area (Å²) in [6.07, 6.45) is 12.3. The Balaban J connectivity index is 0.0000123. The number of hydrogen-bond acceptors (Lipinski definition) is 15. The molecule has 97 heavy (non-hydrogen) atoms. The van der Waals surface area contributed by atoms with Gasteiger partial charge in [0.2, 0.25) is 35.2 Å². The van der Waals surface area contributed by atoms with Crippen LogP contribution in [0.4, 0.5) is 0 Å². The van der Waals surface area contributed by atoms with Gasteiger partial charge in [-0.15, -0.1) is 0 Å². The molecule has 1 aliphatic heterocycles. The first kappa shape index (κ1) is 83.4. The van der Waals surface area contributed by atoms with Crippen LogP contribution >= 0.6 is 0 Å². The summed E-state index contributed by atoms with van der Waals surface area (Å²) in [6.45, 7) is 14.2. The highest BCUT2D eigenvalue weighted by atomic mass is 16.4. The lowest BCUT2D eigenvalue weighted by Crippen LogP contribution is -2.61. The summed E-state index contributed by atoms with van der Waals surface area (Å²) in [5.74, 6) is -11.0. The van der Waals surface area contributed by atoms with Crippen LogP contribution in [0.3, 0.4) is 0 Å². The third-order valence-corrected chi connectivity index (χ3v) is 19.4. The molecule has 2 aromatic carbocycles. The Hall–Kier alpha value is -7.85. The Morgan fingerprint density at radius 2 is 1.34 bits per heavy atom. The van der Waals surface area contributed by atoms with Gasteiger partial charge in [0.15, 0.2) is 11.6 Å². The molecule has 2 heterocycles. The molecule has 3 aromatic rings. The number of aromatic amines is 1. The minimum atomic E-state index is -1.64. The Morgan fingerprint density at radius 1 is 0.691 bits per heavy atom. The fourth-order valence-electron chi connectivity index (χ4n) is 12.5. The molecule has 3 unspecified atom stereocenters. The molecule has 9 N–H and O–H groups in total. The monoisotopic (exact) mass is 1350 g/mol. The van der Waals surface area contributed by atoms with Crippen LogP contribution in [0.2, 0.25) is 0 Å². The van der Waals surface area contributed by atoms with E-state index in [9.17, 15) is 58.2 Å². The summed E-state index contributed by atoms with van der Waals surface area (Å²) in [7, 11) is 0. The zero-order valence-corrected chi connectivity index (χ0v) is 57.1. The summed E-state index contributed by atoms with van der Waals surface area (Å²) in [6, 6.07) is 6.92. The van der Waals surface area contributed by atoms with Gasteiger partial charge in [-0.3, -0.25) is 57.5 Å². The Morgan fingerprint density at radius 3 is 1.96 bits per heavy atom. The van der Waals surface area contributed by atoms with E-state index in [2.05, 4.69) is 37.1 Å². The van der Waals surface area contributed by atoms with Gasteiger partial charge in [0.05, 0.1) is 35.1 Å². The van der Waals surface area contributed by atoms with Crippen LogP contribution in [0.25, 0.3) is 10.9 Å². The number of carbonyl (C=O) groups excluding carboxylic acids is 11. The number of rotatable bonds is 26. The van der Waals surface area contributed by atoms with Crippen molar-refractivity contribution in [3.05, 3.63) is 83.6 Å². The van der Waals surface area contributed by atoms with Crippen LogP contribution in [0.1, 0.15) is 233 Å². The van der Waals surface area contributed by atoms with Crippen molar-refractivity contribution >= 4 is 87.0 Å². The maximum absolute atomic E-state index is 15.2. The highest BCUT2D eigenvalue weighted by Gasteiger charge is 2.42. The molecule has 11 atom stereocenters. The van der Waals surface area contributed by atoms with E-state index in [1.807, 2.05) is 50.3 Å². The molecule has 1 aliphatic carbocycles. The number of hydrogen-bond donors (Lipinski definition) is 9. The number of aromatic carboxylic acids is 1. The Labute approximate surface area is 573 Å². The van der Waals surface area contributed by atoms with Crippen LogP contribution in [0.15, 0.2) is 66.9 Å². The molecule has 5 rings (SSSR count). The first-order chi connectivity index (χ1) is 44.9. The predicted octanol–water partition coefficient (Wildman–Crippen LogP) is 10.2. The molecule has 22 nitrogen and oxygen atoms in total. The second-order valence-electron chi connectivity index (χ2n) is 27.4. The second-order valence-corrected chi connectivity index (χ2v) is 27.4. The van der Waals surface area contributed by atoms with E-state index in [1.54, 1.807) is 27.0 Å². The maximum atomic E-state index is 15.2. The molecule has 0 bridgehead atoms. The van der Waals surface area contributed by atoms with Gasteiger partial charge < -0.3 is 36.5 Å². The van der Waals surface area contributed by atoms with Gasteiger partial charge in [-0.05, 0) is 146 Å². The average Bonchev–Trinajstić information content (AvgIpc) is 1.81. The molecule has 0 spiro atoms. The maximum Gasteiger partial charge on any atom is 0.335 e. The van der Waals surface area contributed by atoms with E-state index in [1.165, 1.54) is 52.0 Å². The van der Waals surface area contributed by atoms with Gasteiger partial charge in [0.25, 0.3) is 0 Å². The van der Waals surface area contributed by atoms with E-state index in [0.29, 0.717) is 56.1 Å². The van der Waals surface area contributed by atoms with E-state index >= 15 is 14.4 Å². The summed E-state index contributed by atoms with van der Waals surface area (Å²) in [4.78, 5) is 182. The van der Waals surface area contributed by atoms with Crippen LogP contribution in [0, 0.1) is 35.0 Å². The number of allylic oxidation sites excluding steroid dienone is 2. The van der Waals surface area contributed by atoms with Gasteiger partial charge in [0.1, 0.15) is 28.9 Å². The van der Waals surface area contributed by atoms with Gasteiger partial charge in [0, 0.05) is 67.0 Å². The standard InChI is InChI=1S/C73H103N7O15.2CH4/c1-10-44(2)64(62(85)37-45(3)49(7)82)80-79-48(6)66(89)65(88)47(5)75-71(95)73(9)36-21-17-15-13-11-12-14-16-20-35-72(8,42-46(4)81)70(94)77-58(32-34-63(86)87)68(91)76-59(39-51-27-29-52(30-28-51)69(92)93)61(84)41-54(40-55-43-74-57-26-19-18-25-56(55)57)60(83)33-31-53(67(90)78-73)38-50-23-22-24-50;;/h13,15,18-19,25-30,43-45,47-48,50,53-54,58-59,64,74,79-80H,10-12,14,16-17,20-24,31-42H2,1-9H3,(H,75,95)(H,76,91)(H,77,94)(H,78,90)(H,86,87)(H,92,93);2*1H4/b15-13+;;/t44?,45-,47?,48?,53-,54+,58-,59-,64-,72-,73-;;/m0../s1. The number of amides is 4. The molecule has 2 aliphatic rings. The quantitative estimate of drug-likeness (QED) is 0.0205. The van der Waals surface area contributed by atoms with Gasteiger partial charge in [-0.2, -0.15) is 0 Å². The molecule has 22 heteroatoms. The van der Waals surface area contributed by atoms with E-state index in [4.69, 9.17) is 0 Å². The number of nitrogens with one attached hydrogen (secondary N) is 7. The van der Waals surface area contributed by atoms with Crippen molar-refractivity contribution < 1.29 is 72.5 Å². The number of carboxylic acids is 2. The third kappa shape index (κ3) is 25.8. The van der Waals surface area contributed by atoms with Crippen LogP contribution < -0.4 is 32.1 Å². The number of para-hydroxylation sites is 1.